The molecule has 8 heteroatoms. The summed E-state index contributed by atoms with van der Waals surface area (Å²) in [7, 11) is -4.65. The van der Waals surface area contributed by atoms with Crippen molar-refractivity contribution in [2.45, 2.75) is 0 Å². The Balaban J connectivity index is 0. The predicted molar refractivity (Wildman–Crippen MR) is 25.6 cm³/mol. The van der Waals surface area contributed by atoms with Gasteiger partial charge in [-0.25, -0.2) is 4.28 Å². The van der Waals surface area contributed by atoms with E-state index in [4.69, 9.17) is 9.46 Å². The Kier molecular flexibility index (Phi) is 5.88. The van der Waals surface area contributed by atoms with Crippen molar-refractivity contribution in [1.82, 2.24) is 0 Å². The van der Waals surface area contributed by atoms with Gasteiger partial charge in [0.15, 0.2) is 5.34 Å². The van der Waals surface area contributed by atoms with Gasteiger partial charge in [0.2, 0.25) is 0 Å². The summed E-state index contributed by atoms with van der Waals surface area (Å²) >= 11 is 0. The van der Waals surface area contributed by atoms with E-state index in [2.05, 4.69) is 4.28 Å². The van der Waals surface area contributed by atoms with E-state index in [1.165, 1.54) is 5.34 Å². The molecule has 0 aromatic carbocycles. The van der Waals surface area contributed by atoms with Crippen molar-refractivity contribution in [2.75, 3.05) is 0 Å². The molecule has 0 saturated carbocycles. The van der Waals surface area contributed by atoms with Gasteiger partial charge in [-0.15, -0.1) is 4.91 Å². The molecule has 0 aliphatic heterocycles. The standard InChI is InChI=1S/HNO5S.Na.H/c2-1-6-7(3,4)5;;/h(H,3,4,5);;. The van der Waals surface area contributed by atoms with E-state index in [9.17, 15) is 8.42 Å². The van der Waals surface area contributed by atoms with Gasteiger partial charge in [-0.2, -0.15) is 8.42 Å². The van der Waals surface area contributed by atoms with Gasteiger partial charge in [0.25, 0.3) is 0 Å². The zero-order valence-electron chi connectivity index (χ0n) is 2.94. The van der Waals surface area contributed by atoms with E-state index in [-0.39, 0.29) is 29.6 Å². The van der Waals surface area contributed by atoms with Gasteiger partial charge in [-0.3, -0.25) is 4.55 Å². The Hall–Kier alpha value is 0.310. The average molecular weight is 151 g/mol. The molecule has 0 saturated heterocycles. The van der Waals surface area contributed by atoms with Crippen molar-refractivity contribution in [3.8, 4) is 0 Å². The Morgan fingerprint density at radius 3 is 1.88 bits per heavy atom. The van der Waals surface area contributed by atoms with Crippen LogP contribution >= 0.6 is 0 Å². The molecule has 0 fully saturated rings. The van der Waals surface area contributed by atoms with Gasteiger partial charge in [-0.1, -0.05) is 0 Å². The number of hydrogen-bond donors (Lipinski definition) is 1. The second-order valence-corrected chi connectivity index (χ2v) is 1.58. The van der Waals surface area contributed by atoms with Crippen LogP contribution in [0.2, 0.25) is 0 Å². The summed E-state index contributed by atoms with van der Waals surface area (Å²) in [6.45, 7) is 0. The first-order valence-electron chi connectivity index (χ1n) is 1.05. The summed E-state index contributed by atoms with van der Waals surface area (Å²) in [6, 6.07) is 0. The Labute approximate surface area is 67.4 Å². The van der Waals surface area contributed by atoms with Crippen molar-refractivity contribution >= 4 is 40.0 Å². The zero-order chi connectivity index (χ0) is 5.91. The molecule has 0 aromatic heterocycles. The molecule has 0 unspecified atom stereocenters. The molecule has 6 nitrogen and oxygen atoms in total. The predicted octanol–water partition coefficient (Wildman–Crippen LogP) is -1.16. The van der Waals surface area contributed by atoms with Crippen LogP contribution in [0.5, 0.6) is 0 Å². The number of rotatable bonds is 2. The first kappa shape index (κ1) is 11.2. The fourth-order valence-corrected chi connectivity index (χ4v) is 0.115. The Morgan fingerprint density at radius 1 is 1.50 bits per heavy atom. The minimum atomic E-state index is -4.65. The third-order valence-corrected chi connectivity index (χ3v) is 0.374. The summed E-state index contributed by atoms with van der Waals surface area (Å²) in [4.78, 5) is 8.81. The van der Waals surface area contributed by atoms with Crippen LogP contribution < -0.4 is 0 Å². The first-order chi connectivity index (χ1) is 3.06. The van der Waals surface area contributed by atoms with Crippen LogP contribution in [-0.2, 0) is 14.7 Å². The van der Waals surface area contributed by atoms with Gasteiger partial charge in [0.05, 0.1) is 0 Å². The molecule has 0 spiro atoms. The summed E-state index contributed by atoms with van der Waals surface area (Å²) in [5, 5.41) is 1.42. The maximum atomic E-state index is 9.27. The van der Waals surface area contributed by atoms with Gasteiger partial charge in [-0.05, 0) is 0 Å². The van der Waals surface area contributed by atoms with Crippen molar-refractivity contribution in [2.24, 2.45) is 5.34 Å². The molecule has 0 heterocycles. The molecule has 0 rings (SSSR count). The maximum absolute atomic E-state index is 9.27. The SMILES string of the molecule is O=NOS(=O)(=O)O.[NaH]. The van der Waals surface area contributed by atoms with Crippen LogP contribution in [0.4, 0.5) is 0 Å². The van der Waals surface area contributed by atoms with E-state index < -0.39 is 10.4 Å². The fourth-order valence-electron chi connectivity index (χ4n) is 0.0385. The molecule has 0 aliphatic rings. The Bertz CT molecular complexity index is 146. The zero-order valence-corrected chi connectivity index (χ0v) is 3.75. The number of hydrogen-bond acceptors (Lipinski definition) is 5. The monoisotopic (exact) mass is 151 g/mol. The molecular weight excluding hydrogens is 149 g/mol. The van der Waals surface area contributed by atoms with Crippen molar-refractivity contribution < 1.29 is 17.3 Å². The quantitative estimate of drug-likeness (QED) is 0.232. The van der Waals surface area contributed by atoms with Crippen LogP contribution in [0.1, 0.15) is 0 Å². The normalized spacial score (nSPS) is 9.12. The molecule has 1 N–H and O–H groups in total. The van der Waals surface area contributed by atoms with Gasteiger partial charge in [0.1, 0.15) is 0 Å². The summed E-state index contributed by atoms with van der Waals surface area (Å²) < 4.78 is 28.8. The van der Waals surface area contributed by atoms with E-state index in [0.29, 0.717) is 0 Å². The molecule has 0 amide bonds. The molecule has 0 radical (unpaired) electrons. The van der Waals surface area contributed by atoms with Crippen LogP contribution in [0, 0.1) is 4.91 Å². The molecule has 8 heavy (non-hydrogen) atoms. The van der Waals surface area contributed by atoms with Crippen LogP contribution in [0.25, 0.3) is 0 Å². The van der Waals surface area contributed by atoms with Crippen LogP contribution in [-0.4, -0.2) is 42.5 Å². The molecule has 0 aromatic rings. The topological polar surface area (TPSA) is 93.0 Å². The van der Waals surface area contributed by atoms with E-state index in [1.807, 2.05) is 0 Å². The summed E-state index contributed by atoms with van der Waals surface area (Å²) in [6.07, 6.45) is 0. The van der Waals surface area contributed by atoms with Crippen molar-refractivity contribution in [3.63, 3.8) is 0 Å². The van der Waals surface area contributed by atoms with Gasteiger partial charge in [0, 0.05) is 0 Å². The van der Waals surface area contributed by atoms with Gasteiger partial charge < -0.3 is 0 Å². The molecule has 0 aliphatic carbocycles. The van der Waals surface area contributed by atoms with Crippen molar-refractivity contribution in [1.29, 1.82) is 0 Å². The van der Waals surface area contributed by atoms with Crippen LogP contribution in [0.15, 0.2) is 5.34 Å². The molecule has 44 valence electrons. The average Bonchev–Trinajstić information content (AvgIpc) is 1.30. The minimum absolute atomic E-state index is 0. The molecule has 0 bridgehead atoms. The fraction of sp³-hybridized carbons (Fsp3) is 0. The summed E-state index contributed by atoms with van der Waals surface area (Å²) in [5.41, 5.74) is 0. The van der Waals surface area contributed by atoms with E-state index >= 15 is 0 Å². The number of nitrogens with zero attached hydrogens (tertiary/aromatic N) is 1. The second kappa shape index (κ2) is 4.21. The third kappa shape index (κ3) is 9.58. The second-order valence-electron chi connectivity index (χ2n) is 0.577. The Morgan fingerprint density at radius 2 is 1.88 bits per heavy atom. The first-order valence-corrected chi connectivity index (χ1v) is 2.41. The molecular formula is H2NNaO5S. The third-order valence-electron chi connectivity index (χ3n) is 0.125. The summed E-state index contributed by atoms with van der Waals surface area (Å²) in [5.74, 6) is 0. The van der Waals surface area contributed by atoms with E-state index in [0.717, 1.165) is 0 Å². The van der Waals surface area contributed by atoms with E-state index in [1.54, 1.807) is 0 Å². The molecule has 0 atom stereocenters. The van der Waals surface area contributed by atoms with Crippen LogP contribution in [0.3, 0.4) is 0 Å². The van der Waals surface area contributed by atoms with Crippen molar-refractivity contribution in [3.05, 3.63) is 4.91 Å². The van der Waals surface area contributed by atoms with Gasteiger partial charge >= 0.3 is 40.0 Å².